The molecule has 1 aromatic heterocycles. The predicted octanol–water partition coefficient (Wildman–Crippen LogP) is 4.47. The Bertz CT molecular complexity index is 1070. The molecule has 2 N–H and O–H groups in total. The van der Waals surface area contributed by atoms with Gasteiger partial charge in [0.25, 0.3) is 0 Å². The van der Waals surface area contributed by atoms with E-state index < -0.39 is 6.10 Å². The van der Waals surface area contributed by atoms with E-state index in [1.54, 1.807) is 4.80 Å². The van der Waals surface area contributed by atoms with Gasteiger partial charge in [-0.05, 0) is 23.3 Å². The van der Waals surface area contributed by atoms with E-state index in [0.717, 1.165) is 28.1 Å². The van der Waals surface area contributed by atoms with Crippen LogP contribution in [0.1, 0.15) is 22.9 Å². The third-order valence-corrected chi connectivity index (χ3v) is 5.08. The number of nitrogens with one attached hydrogen (secondary N) is 1. The number of benzene rings is 3. The number of aliphatic hydroxyl groups excluding tert-OH is 1. The standard InChI is InChI=1S/C24H23ClN4O/c25-21-13-11-18(12-14-21)17-29-27-22(24(28-29)20-9-5-2-6-10-20)15-26-16-23(30)19-7-3-1-4-8-19/h1-14,23,26,30H,15-17H2/t23-/m1/s1. The zero-order valence-electron chi connectivity index (χ0n) is 16.4. The molecule has 0 aliphatic rings. The van der Waals surface area contributed by atoms with E-state index in [0.29, 0.717) is 24.7 Å². The first kappa shape index (κ1) is 20.3. The van der Waals surface area contributed by atoms with Crippen molar-refractivity contribution >= 4 is 11.6 Å². The lowest BCUT2D eigenvalue weighted by molar-refractivity contribution is 0.174. The van der Waals surface area contributed by atoms with Crippen LogP contribution >= 0.6 is 11.6 Å². The van der Waals surface area contributed by atoms with Gasteiger partial charge < -0.3 is 10.4 Å². The molecule has 4 rings (SSSR count). The SMILES string of the molecule is O[C@H](CNCc1nn(Cc2ccc(Cl)cc2)nc1-c1ccccc1)c1ccccc1. The van der Waals surface area contributed by atoms with Gasteiger partial charge in [0, 0.05) is 23.7 Å². The highest BCUT2D eigenvalue weighted by Gasteiger charge is 2.14. The van der Waals surface area contributed by atoms with Crippen molar-refractivity contribution < 1.29 is 5.11 Å². The number of aromatic nitrogens is 3. The van der Waals surface area contributed by atoms with Crippen molar-refractivity contribution in [2.45, 2.75) is 19.2 Å². The van der Waals surface area contributed by atoms with E-state index in [1.807, 2.05) is 84.9 Å². The lowest BCUT2D eigenvalue weighted by Gasteiger charge is -2.11. The fourth-order valence-electron chi connectivity index (χ4n) is 3.27. The van der Waals surface area contributed by atoms with Crippen molar-refractivity contribution in [1.29, 1.82) is 0 Å². The molecule has 0 amide bonds. The number of aliphatic hydroxyl groups is 1. The van der Waals surface area contributed by atoms with Gasteiger partial charge >= 0.3 is 0 Å². The molecule has 0 bridgehead atoms. The topological polar surface area (TPSA) is 63.0 Å². The minimum absolute atomic E-state index is 0.433. The maximum atomic E-state index is 10.4. The Kier molecular flexibility index (Phi) is 6.54. The van der Waals surface area contributed by atoms with E-state index >= 15 is 0 Å². The quantitative estimate of drug-likeness (QED) is 0.443. The third-order valence-electron chi connectivity index (χ3n) is 4.82. The Labute approximate surface area is 181 Å². The summed E-state index contributed by atoms with van der Waals surface area (Å²) in [4.78, 5) is 1.70. The van der Waals surface area contributed by atoms with Crippen molar-refractivity contribution in [1.82, 2.24) is 20.3 Å². The number of hydrogen-bond donors (Lipinski definition) is 2. The Morgan fingerprint density at radius 2 is 1.53 bits per heavy atom. The molecular formula is C24H23ClN4O. The van der Waals surface area contributed by atoms with Crippen LogP contribution in [0.2, 0.25) is 5.02 Å². The average molecular weight is 419 g/mol. The maximum absolute atomic E-state index is 10.4. The van der Waals surface area contributed by atoms with Crippen LogP contribution in [0.3, 0.4) is 0 Å². The van der Waals surface area contributed by atoms with Gasteiger partial charge in [-0.3, -0.25) is 0 Å². The largest absolute Gasteiger partial charge is 0.387 e. The van der Waals surface area contributed by atoms with E-state index in [1.165, 1.54) is 0 Å². The summed E-state index contributed by atoms with van der Waals surface area (Å²) in [5.41, 5.74) is 4.66. The first-order chi connectivity index (χ1) is 14.7. The average Bonchev–Trinajstić information content (AvgIpc) is 3.19. The molecule has 6 heteroatoms. The Hall–Kier alpha value is -2.99. The summed E-state index contributed by atoms with van der Waals surface area (Å²) in [5, 5.41) is 23.8. The zero-order chi connectivity index (χ0) is 20.8. The third kappa shape index (κ3) is 5.13. The minimum Gasteiger partial charge on any atom is -0.387 e. The monoisotopic (exact) mass is 418 g/mol. The Balaban J connectivity index is 1.50. The van der Waals surface area contributed by atoms with Crippen LogP contribution < -0.4 is 5.32 Å². The predicted molar refractivity (Wildman–Crippen MR) is 119 cm³/mol. The van der Waals surface area contributed by atoms with Crippen molar-refractivity contribution in [3.05, 3.63) is 107 Å². The smallest absolute Gasteiger partial charge is 0.117 e. The molecule has 152 valence electrons. The highest BCUT2D eigenvalue weighted by Crippen LogP contribution is 2.21. The molecule has 4 aromatic rings. The second-order valence-corrected chi connectivity index (χ2v) is 7.51. The van der Waals surface area contributed by atoms with Crippen LogP contribution in [-0.2, 0) is 13.1 Å². The number of halogens is 1. The minimum atomic E-state index is -0.574. The number of hydrogen-bond acceptors (Lipinski definition) is 4. The van der Waals surface area contributed by atoms with E-state index in [9.17, 15) is 5.11 Å². The molecule has 0 aliphatic carbocycles. The summed E-state index contributed by atoms with van der Waals surface area (Å²) in [6.45, 7) is 1.50. The molecule has 0 saturated heterocycles. The van der Waals surface area contributed by atoms with Crippen molar-refractivity contribution in [2.75, 3.05) is 6.54 Å². The molecule has 0 radical (unpaired) electrons. The van der Waals surface area contributed by atoms with Gasteiger partial charge in [-0.1, -0.05) is 84.4 Å². The van der Waals surface area contributed by atoms with Crippen molar-refractivity contribution in [3.8, 4) is 11.3 Å². The molecule has 30 heavy (non-hydrogen) atoms. The first-order valence-electron chi connectivity index (χ1n) is 9.86. The summed E-state index contributed by atoms with van der Waals surface area (Å²) in [6.07, 6.45) is -0.574. The van der Waals surface area contributed by atoms with E-state index in [-0.39, 0.29) is 0 Å². The van der Waals surface area contributed by atoms with Crippen LogP contribution in [0, 0.1) is 0 Å². The van der Waals surface area contributed by atoms with E-state index in [2.05, 4.69) is 5.32 Å². The van der Waals surface area contributed by atoms with E-state index in [4.69, 9.17) is 21.8 Å². The molecule has 0 unspecified atom stereocenters. The van der Waals surface area contributed by atoms with Crippen LogP contribution in [0.5, 0.6) is 0 Å². The molecule has 1 heterocycles. The van der Waals surface area contributed by atoms with Crippen molar-refractivity contribution in [2.24, 2.45) is 0 Å². The van der Waals surface area contributed by atoms with Gasteiger partial charge in [-0.25, -0.2) is 0 Å². The van der Waals surface area contributed by atoms with Crippen LogP contribution in [-0.4, -0.2) is 26.6 Å². The molecule has 3 aromatic carbocycles. The molecule has 0 spiro atoms. The normalized spacial score (nSPS) is 12.1. The number of nitrogens with zero attached hydrogens (tertiary/aromatic N) is 3. The highest BCUT2D eigenvalue weighted by atomic mass is 35.5. The molecule has 0 aliphatic heterocycles. The van der Waals surface area contributed by atoms with Crippen LogP contribution in [0.4, 0.5) is 0 Å². The first-order valence-corrected chi connectivity index (χ1v) is 10.2. The fraction of sp³-hybridized carbons (Fsp3) is 0.167. The lowest BCUT2D eigenvalue weighted by atomic mass is 10.1. The molecule has 0 fully saturated rings. The summed E-state index contributed by atoms with van der Waals surface area (Å²) >= 11 is 5.98. The lowest BCUT2D eigenvalue weighted by Crippen LogP contribution is -2.21. The molecule has 0 saturated carbocycles. The summed E-state index contributed by atoms with van der Waals surface area (Å²) < 4.78 is 0. The Morgan fingerprint density at radius 3 is 2.23 bits per heavy atom. The Morgan fingerprint density at radius 1 is 0.867 bits per heavy atom. The van der Waals surface area contributed by atoms with Crippen molar-refractivity contribution in [3.63, 3.8) is 0 Å². The molecule has 1 atom stereocenters. The summed E-state index contributed by atoms with van der Waals surface area (Å²) in [5.74, 6) is 0. The van der Waals surface area contributed by atoms with Gasteiger partial charge in [-0.15, -0.1) is 0 Å². The second-order valence-electron chi connectivity index (χ2n) is 7.08. The van der Waals surface area contributed by atoms with Crippen LogP contribution in [0.25, 0.3) is 11.3 Å². The maximum Gasteiger partial charge on any atom is 0.117 e. The van der Waals surface area contributed by atoms with Gasteiger partial charge in [-0.2, -0.15) is 15.0 Å². The second kappa shape index (κ2) is 9.67. The van der Waals surface area contributed by atoms with Gasteiger partial charge in [0.05, 0.1) is 12.6 Å². The fourth-order valence-corrected chi connectivity index (χ4v) is 3.39. The summed E-state index contributed by atoms with van der Waals surface area (Å²) in [7, 11) is 0. The molecule has 5 nitrogen and oxygen atoms in total. The highest BCUT2D eigenvalue weighted by molar-refractivity contribution is 6.30. The molecular weight excluding hydrogens is 396 g/mol. The van der Waals surface area contributed by atoms with Gasteiger partial charge in [0.15, 0.2) is 0 Å². The van der Waals surface area contributed by atoms with Gasteiger partial charge in [0.2, 0.25) is 0 Å². The van der Waals surface area contributed by atoms with Gasteiger partial charge in [0.1, 0.15) is 11.4 Å². The zero-order valence-corrected chi connectivity index (χ0v) is 17.2. The van der Waals surface area contributed by atoms with Crippen LogP contribution in [0.15, 0.2) is 84.9 Å². The summed E-state index contributed by atoms with van der Waals surface area (Å²) in [6, 6.07) is 27.3. The number of rotatable bonds is 8.